The van der Waals surface area contributed by atoms with Crippen LogP contribution in [0.4, 0.5) is 5.69 Å². The van der Waals surface area contributed by atoms with Gasteiger partial charge in [-0.3, -0.25) is 4.68 Å². The third-order valence-electron chi connectivity index (χ3n) is 3.31. The van der Waals surface area contributed by atoms with Gasteiger partial charge in [0.1, 0.15) is 0 Å². The Bertz CT molecular complexity index is 334. The van der Waals surface area contributed by atoms with E-state index in [1.807, 2.05) is 17.9 Å². The molecule has 1 fully saturated rings. The van der Waals surface area contributed by atoms with Crippen LogP contribution in [0.2, 0.25) is 0 Å². The maximum Gasteiger partial charge on any atom is 0.0755 e. The lowest BCUT2D eigenvalue weighted by Gasteiger charge is -2.39. The van der Waals surface area contributed by atoms with Crippen molar-refractivity contribution >= 4 is 5.69 Å². The zero-order chi connectivity index (χ0) is 11.5. The highest BCUT2D eigenvalue weighted by Gasteiger charge is 2.25. The molecule has 16 heavy (non-hydrogen) atoms. The van der Waals surface area contributed by atoms with Crippen LogP contribution in [-0.4, -0.2) is 35.0 Å². The van der Waals surface area contributed by atoms with E-state index in [0.717, 1.165) is 13.1 Å². The Labute approximate surface area is 97.6 Å². The molecule has 1 saturated heterocycles. The summed E-state index contributed by atoms with van der Waals surface area (Å²) in [6.07, 6.45) is 6.56. The van der Waals surface area contributed by atoms with E-state index in [1.54, 1.807) is 0 Å². The molecule has 1 N–H and O–H groups in total. The quantitative estimate of drug-likeness (QED) is 0.839. The Morgan fingerprint density at radius 3 is 3.00 bits per heavy atom. The maximum atomic E-state index is 4.25. The van der Waals surface area contributed by atoms with Crippen molar-refractivity contribution in [1.29, 1.82) is 0 Å². The van der Waals surface area contributed by atoms with Crippen LogP contribution in [0.1, 0.15) is 26.7 Å². The molecule has 90 valence electrons. The second-order valence-corrected chi connectivity index (χ2v) is 4.77. The van der Waals surface area contributed by atoms with Gasteiger partial charge >= 0.3 is 0 Å². The first-order valence-corrected chi connectivity index (χ1v) is 6.19. The van der Waals surface area contributed by atoms with Crippen LogP contribution in [0.3, 0.4) is 0 Å². The van der Waals surface area contributed by atoms with Crippen LogP contribution in [-0.2, 0) is 7.05 Å². The van der Waals surface area contributed by atoms with Gasteiger partial charge in [0.25, 0.3) is 0 Å². The molecular formula is C12H22N4. The molecule has 0 radical (unpaired) electrons. The molecule has 2 heterocycles. The predicted octanol–water partition coefficient (Wildman–Crippen LogP) is 1.39. The minimum Gasteiger partial charge on any atom is -0.363 e. The number of nitrogens with one attached hydrogen (secondary N) is 1. The van der Waals surface area contributed by atoms with Gasteiger partial charge in [0.2, 0.25) is 0 Å². The van der Waals surface area contributed by atoms with Gasteiger partial charge in [-0.1, -0.05) is 13.3 Å². The van der Waals surface area contributed by atoms with Crippen molar-refractivity contribution in [1.82, 2.24) is 15.1 Å². The summed E-state index contributed by atoms with van der Waals surface area (Å²) in [6, 6.07) is 1.18. The zero-order valence-electron chi connectivity index (χ0n) is 10.5. The van der Waals surface area contributed by atoms with Crippen molar-refractivity contribution in [3.05, 3.63) is 12.4 Å². The van der Waals surface area contributed by atoms with E-state index >= 15 is 0 Å². The van der Waals surface area contributed by atoms with E-state index < -0.39 is 0 Å². The molecule has 2 atom stereocenters. The minimum absolute atomic E-state index is 0.553. The number of anilines is 1. The third-order valence-corrected chi connectivity index (χ3v) is 3.31. The summed E-state index contributed by atoms with van der Waals surface area (Å²) in [7, 11) is 1.97. The molecule has 2 unspecified atom stereocenters. The third kappa shape index (κ3) is 2.38. The summed E-state index contributed by atoms with van der Waals surface area (Å²) in [5, 5.41) is 7.86. The Morgan fingerprint density at radius 1 is 1.56 bits per heavy atom. The van der Waals surface area contributed by atoms with Gasteiger partial charge in [0.15, 0.2) is 0 Å². The fourth-order valence-corrected chi connectivity index (χ4v) is 2.39. The summed E-state index contributed by atoms with van der Waals surface area (Å²) < 4.78 is 1.87. The maximum absolute atomic E-state index is 4.25. The van der Waals surface area contributed by atoms with Crippen molar-refractivity contribution in [2.45, 2.75) is 38.8 Å². The van der Waals surface area contributed by atoms with Crippen LogP contribution >= 0.6 is 0 Å². The first kappa shape index (κ1) is 11.5. The van der Waals surface area contributed by atoms with Crippen LogP contribution in [0.15, 0.2) is 12.4 Å². The first-order chi connectivity index (χ1) is 7.70. The molecule has 0 spiro atoms. The van der Waals surface area contributed by atoms with Crippen LogP contribution in [0.25, 0.3) is 0 Å². The summed E-state index contributed by atoms with van der Waals surface area (Å²) in [6.45, 7) is 6.68. The van der Waals surface area contributed by atoms with E-state index in [9.17, 15) is 0 Å². The molecule has 4 heteroatoms. The van der Waals surface area contributed by atoms with Gasteiger partial charge in [-0.05, 0) is 13.3 Å². The lowest BCUT2D eigenvalue weighted by atomic mass is 10.1. The van der Waals surface area contributed by atoms with Crippen LogP contribution in [0, 0.1) is 0 Å². The van der Waals surface area contributed by atoms with Crippen LogP contribution in [0.5, 0.6) is 0 Å². The molecule has 0 aromatic carbocycles. The molecule has 4 nitrogen and oxygen atoms in total. The minimum atomic E-state index is 0.553. The number of rotatable bonds is 3. The molecule has 1 aromatic heterocycles. The van der Waals surface area contributed by atoms with Crippen LogP contribution < -0.4 is 10.2 Å². The highest BCUT2D eigenvalue weighted by atomic mass is 15.3. The number of hydrogen-bond acceptors (Lipinski definition) is 3. The number of aryl methyl sites for hydroxylation is 1. The van der Waals surface area contributed by atoms with Gasteiger partial charge < -0.3 is 10.2 Å². The monoisotopic (exact) mass is 222 g/mol. The predicted molar refractivity (Wildman–Crippen MR) is 66.7 cm³/mol. The van der Waals surface area contributed by atoms with Crippen molar-refractivity contribution < 1.29 is 0 Å². The SMILES string of the molecule is CCCC1CN(c2cnn(C)c2)C(C)CN1. The Morgan fingerprint density at radius 2 is 2.38 bits per heavy atom. The van der Waals surface area contributed by atoms with E-state index in [4.69, 9.17) is 0 Å². The van der Waals surface area contributed by atoms with Crippen molar-refractivity contribution in [3.63, 3.8) is 0 Å². The van der Waals surface area contributed by atoms with Crippen molar-refractivity contribution in [2.75, 3.05) is 18.0 Å². The number of hydrogen-bond donors (Lipinski definition) is 1. The van der Waals surface area contributed by atoms with Gasteiger partial charge in [-0.2, -0.15) is 5.10 Å². The normalized spacial score (nSPS) is 26.1. The van der Waals surface area contributed by atoms with Gasteiger partial charge in [0, 0.05) is 38.4 Å². The molecule has 0 aliphatic carbocycles. The van der Waals surface area contributed by atoms with Gasteiger partial charge in [0.05, 0.1) is 11.9 Å². The highest BCUT2D eigenvalue weighted by molar-refractivity contribution is 5.44. The standard InChI is InChI=1S/C12H22N4/c1-4-5-11-8-16(10(2)6-13-11)12-7-14-15(3)9-12/h7,9-11,13H,4-6,8H2,1-3H3. The molecule has 1 aromatic rings. The topological polar surface area (TPSA) is 33.1 Å². The summed E-state index contributed by atoms with van der Waals surface area (Å²) in [4.78, 5) is 2.46. The Balaban J connectivity index is 2.06. The summed E-state index contributed by atoms with van der Waals surface area (Å²) in [5.41, 5.74) is 1.25. The fourth-order valence-electron chi connectivity index (χ4n) is 2.39. The lowest BCUT2D eigenvalue weighted by Crippen LogP contribution is -2.55. The molecule has 1 aliphatic heterocycles. The van der Waals surface area contributed by atoms with Crippen molar-refractivity contribution in [3.8, 4) is 0 Å². The number of aromatic nitrogens is 2. The number of nitrogens with zero attached hydrogens (tertiary/aromatic N) is 3. The van der Waals surface area contributed by atoms with E-state index in [0.29, 0.717) is 12.1 Å². The van der Waals surface area contributed by atoms with E-state index in [2.05, 4.69) is 35.4 Å². The second kappa shape index (κ2) is 4.87. The molecule has 0 bridgehead atoms. The van der Waals surface area contributed by atoms with E-state index in [1.165, 1.54) is 18.5 Å². The molecule has 2 rings (SSSR count). The molecular weight excluding hydrogens is 200 g/mol. The average Bonchev–Trinajstić information content (AvgIpc) is 2.68. The number of piperazine rings is 1. The van der Waals surface area contributed by atoms with Gasteiger partial charge in [-0.25, -0.2) is 0 Å². The van der Waals surface area contributed by atoms with Crippen molar-refractivity contribution in [2.24, 2.45) is 7.05 Å². The molecule has 1 aliphatic rings. The first-order valence-electron chi connectivity index (χ1n) is 6.19. The lowest BCUT2D eigenvalue weighted by molar-refractivity contribution is 0.386. The second-order valence-electron chi connectivity index (χ2n) is 4.77. The molecule has 0 amide bonds. The Kier molecular flexibility index (Phi) is 3.49. The Hall–Kier alpha value is -1.03. The van der Waals surface area contributed by atoms with Gasteiger partial charge in [-0.15, -0.1) is 0 Å². The summed E-state index contributed by atoms with van der Waals surface area (Å²) in [5.74, 6) is 0. The molecule has 0 saturated carbocycles. The fraction of sp³-hybridized carbons (Fsp3) is 0.750. The van der Waals surface area contributed by atoms with E-state index in [-0.39, 0.29) is 0 Å². The largest absolute Gasteiger partial charge is 0.363 e. The summed E-state index contributed by atoms with van der Waals surface area (Å²) >= 11 is 0. The average molecular weight is 222 g/mol. The smallest absolute Gasteiger partial charge is 0.0755 e. The highest BCUT2D eigenvalue weighted by Crippen LogP contribution is 2.19. The zero-order valence-corrected chi connectivity index (χ0v) is 10.5.